The molecule has 4 aromatic carbocycles. The number of benzene rings is 4. The number of nitrogens with zero attached hydrogens (tertiary/aromatic N) is 6. The number of halogens is 2. The highest BCUT2D eigenvalue weighted by Crippen LogP contribution is 2.55. The van der Waals surface area contributed by atoms with Crippen LogP contribution in [0, 0.1) is 11.8 Å². The van der Waals surface area contributed by atoms with Gasteiger partial charge < -0.3 is 18.9 Å². The number of esters is 4. The Hall–Kier alpha value is -6.04. The van der Waals surface area contributed by atoms with Crippen molar-refractivity contribution in [3.05, 3.63) is 115 Å². The lowest BCUT2D eigenvalue weighted by atomic mass is 9.67. The second kappa shape index (κ2) is 23.4. The van der Waals surface area contributed by atoms with Gasteiger partial charge in [0.25, 0.3) is 0 Å². The van der Waals surface area contributed by atoms with Gasteiger partial charge in [-0.15, -0.1) is 24.8 Å². The monoisotopic (exact) mass is 938 g/mol. The number of carbonyl (C=O) groups excluding carboxylic acids is 4. The standard InChI is InChI=1S/2C25H27N3O4.2ClH/c1-3-21(29)32-25-20(31-22(30)8-5-13-27-28-26)12-11-17-14-19-15(2)9-10-16-6-4-7-18(23(16)19)24(17)25;1-3-21(29)31-20-12-11-17-14-19-15(2)9-10-16-6-4-7-18(23(16)19)24(17)25(20)32-22(30)8-5-13-27-28-26;;/h2*4,6-7,11-12,15,19H,3,5,8-10,13-14H2,1-2H3;2*1H/t2*15?,19-;;/m00../s1. The Balaban J connectivity index is 0.000000240. The van der Waals surface area contributed by atoms with Gasteiger partial charge in [0.15, 0.2) is 23.0 Å². The van der Waals surface area contributed by atoms with Crippen LogP contribution < -0.4 is 18.9 Å². The van der Waals surface area contributed by atoms with E-state index in [1.54, 1.807) is 26.0 Å². The van der Waals surface area contributed by atoms with Crippen LogP contribution in [0.4, 0.5) is 0 Å². The molecule has 0 N–H and O–H groups in total. The van der Waals surface area contributed by atoms with Gasteiger partial charge in [-0.25, -0.2) is 0 Å². The van der Waals surface area contributed by atoms with Gasteiger partial charge in [-0.1, -0.05) is 86.5 Å². The molecular formula is C50H56Cl2N6O8. The fraction of sp³-hybridized carbons (Fsp3) is 0.440. The molecule has 4 aromatic rings. The SMILES string of the molecule is CCC(=O)Oc1c(OC(=O)CCCN=[N+]=[N-])ccc2c1-c1cccc3c1[C@@H](C2)C(C)CC3.CCC(=O)Oc1ccc2c(c1OC(=O)CCCN=[N+]=[N-])-c1cccc3c1[C@@H](C2)C(C)CC3.Cl.Cl. The summed E-state index contributed by atoms with van der Waals surface area (Å²) in [5, 5.41) is 6.90. The van der Waals surface area contributed by atoms with E-state index in [2.05, 4.69) is 64.2 Å². The average molecular weight is 940 g/mol. The molecule has 4 aliphatic carbocycles. The molecular weight excluding hydrogens is 883 g/mol. The Labute approximate surface area is 397 Å². The van der Waals surface area contributed by atoms with Gasteiger partial charge in [-0.2, -0.15) is 0 Å². The van der Waals surface area contributed by atoms with Crippen LogP contribution in [-0.2, 0) is 44.9 Å². The minimum Gasteiger partial charge on any atom is -0.422 e. The van der Waals surface area contributed by atoms with Gasteiger partial charge >= 0.3 is 23.9 Å². The number of fused-ring (bicyclic) bond motifs is 4. The van der Waals surface area contributed by atoms with Gasteiger partial charge in [-0.05, 0) is 143 Å². The van der Waals surface area contributed by atoms with E-state index in [0.717, 1.165) is 65.5 Å². The normalized spacial score (nSPS) is 17.5. The fourth-order valence-corrected chi connectivity index (χ4v) is 9.69. The molecule has 0 saturated heterocycles. The van der Waals surface area contributed by atoms with Crippen LogP contribution in [0.25, 0.3) is 43.1 Å². The zero-order chi connectivity index (χ0) is 45.3. The summed E-state index contributed by atoms with van der Waals surface area (Å²) in [6, 6.07) is 20.1. The van der Waals surface area contributed by atoms with E-state index in [1.165, 1.54) is 28.7 Å². The van der Waals surface area contributed by atoms with Crippen LogP contribution in [0.2, 0.25) is 0 Å². The number of azide groups is 2. The summed E-state index contributed by atoms with van der Waals surface area (Å²) < 4.78 is 22.8. The number of aryl methyl sites for hydroxylation is 2. The molecule has 0 spiro atoms. The third-order valence-electron chi connectivity index (χ3n) is 12.9. The topological polar surface area (TPSA) is 203 Å². The van der Waals surface area contributed by atoms with Crippen molar-refractivity contribution in [2.75, 3.05) is 13.1 Å². The molecule has 0 radical (unpaired) electrons. The van der Waals surface area contributed by atoms with Crippen LogP contribution in [-0.4, -0.2) is 37.0 Å². The summed E-state index contributed by atoms with van der Waals surface area (Å²) in [6.45, 7) is 8.52. The van der Waals surface area contributed by atoms with E-state index in [9.17, 15) is 19.2 Å². The minimum atomic E-state index is -0.454. The zero-order valence-electron chi connectivity index (χ0n) is 37.7. The zero-order valence-corrected chi connectivity index (χ0v) is 39.4. The number of ether oxygens (including phenoxy) is 4. The molecule has 8 rings (SSSR count). The Morgan fingerprint density at radius 1 is 0.576 bits per heavy atom. The van der Waals surface area contributed by atoms with Crippen molar-refractivity contribution in [3.63, 3.8) is 0 Å². The third kappa shape index (κ3) is 11.1. The Morgan fingerprint density at radius 3 is 1.42 bits per heavy atom. The molecule has 2 unspecified atom stereocenters. The van der Waals surface area contributed by atoms with Crippen LogP contribution in [0.15, 0.2) is 70.9 Å². The number of carbonyl (C=O) groups is 4. The van der Waals surface area contributed by atoms with Crippen LogP contribution in [0.3, 0.4) is 0 Å². The van der Waals surface area contributed by atoms with Crippen molar-refractivity contribution in [1.82, 2.24) is 0 Å². The van der Waals surface area contributed by atoms with Crippen molar-refractivity contribution in [2.45, 2.75) is 117 Å². The highest BCUT2D eigenvalue weighted by molar-refractivity contribution is 5.89. The largest absolute Gasteiger partial charge is 0.422 e. The first kappa shape index (κ1) is 51.0. The van der Waals surface area contributed by atoms with E-state index >= 15 is 0 Å². The quantitative estimate of drug-likeness (QED) is 0.0296. The molecule has 0 saturated carbocycles. The summed E-state index contributed by atoms with van der Waals surface area (Å²) in [4.78, 5) is 54.8. The predicted octanol–water partition coefficient (Wildman–Crippen LogP) is 12.6. The highest BCUT2D eigenvalue weighted by atomic mass is 35.5. The maximum atomic E-state index is 12.6. The maximum absolute atomic E-state index is 12.6. The molecule has 4 atom stereocenters. The number of rotatable bonds is 14. The highest BCUT2D eigenvalue weighted by Gasteiger charge is 2.38. The second-order valence-corrected chi connectivity index (χ2v) is 17.0. The van der Waals surface area contributed by atoms with Crippen molar-refractivity contribution in [1.29, 1.82) is 0 Å². The lowest BCUT2D eigenvalue weighted by Crippen LogP contribution is -2.25. The smallest absolute Gasteiger partial charge is 0.311 e. The fourth-order valence-electron chi connectivity index (χ4n) is 9.69. The molecule has 14 nitrogen and oxygen atoms in total. The van der Waals surface area contributed by atoms with Crippen LogP contribution in [0.1, 0.15) is 124 Å². The first-order valence-electron chi connectivity index (χ1n) is 22.5. The Kier molecular flexibility index (Phi) is 18.1. The summed E-state index contributed by atoms with van der Waals surface area (Å²) in [5.74, 6) is 1.50. The lowest BCUT2D eigenvalue weighted by molar-refractivity contribution is -0.137. The number of hydrogen-bond donors (Lipinski definition) is 0. The Morgan fingerprint density at radius 2 is 0.985 bits per heavy atom. The summed E-state index contributed by atoms with van der Waals surface area (Å²) in [5.41, 5.74) is 28.2. The molecule has 16 heteroatoms. The molecule has 0 aliphatic heterocycles. The summed E-state index contributed by atoms with van der Waals surface area (Å²) >= 11 is 0. The van der Waals surface area contributed by atoms with Gasteiger partial charge in [0.2, 0.25) is 0 Å². The van der Waals surface area contributed by atoms with Crippen molar-refractivity contribution in [2.24, 2.45) is 22.1 Å². The molecule has 0 aromatic heterocycles. The first-order chi connectivity index (χ1) is 31.1. The van der Waals surface area contributed by atoms with Crippen molar-refractivity contribution >= 4 is 48.7 Å². The van der Waals surface area contributed by atoms with Gasteiger partial charge in [0, 0.05) is 59.7 Å². The molecule has 0 fully saturated rings. The van der Waals surface area contributed by atoms with Crippen LogP contribution in [0.5, 0.6) is 23.0 Å². The van der Waals surface area contributed by atoms with Crippen molar-refractivity contribution < 1.29 is 38.1 Å². The average Bonchev–Trinajstić information content (AvgIpc) is 3.30. The molecule has 0 bridgehead atoms. The number of hydrogen-bond acceptors (Lipinski definition) is 10. The van der Waals surface area contributed by atoms with E-state index < -0.39 is 11.9 Å². The van der Waals surface area contributed by atoms with Gasteiger partial charge in [-0.3, -0.25) is 19.2 Å². The third-order valence-corrected chi connectivity index (χ3v) is 12.9. The second-order valence-electron chi connectivity index (χ2n) is 17.0. The van der Waals surface area contributed by atoms with E-state index in [1.807, 2.05) is 18.2 Å². The van der Waals surface area contributed by atoms with Crippen LogP contribution >= 0.6 is 24.8 Å². The minimum absolute atomic E-state index is 0. The van der Waals surface area contributed by atoms with Crippen molar-refractivity contribution in [3.8, 4) is 45.3 Å². The molecule has 0 amide bonds. The van der Waals surface area contributed by atoms with E-state index in [0.29, 0.717) is 48.0 Å². The Bertz CT molecular complexity index is 2570. The molecule has 0 heterocycles. The molecule has 66 heavy (non-hydrogen) atoms. The predicted molar refractivity (Wildman–Crippen MR) is 256 cm³/mol. The summed E-state index contributed by atoms with van der Waals surface area (Å²) in [6.07, 6.45) is 7.58. The molecule has 4 aliphatic rings. The van der Waals surface area contributed by atoms with E-state index in [4.69, 9.17) is 30.0 Å². The lowest BCUT2D eigenvalue weighted by Gasteiger charge is -2.38. The summed E-state index contributed by atoms with van der Waals surface area (Å²) in [7, 11) is 0. The first-order valence-corrected chi connectivity index (χ1v) is 22.5. The molecule has 348 valence electrons. The van der Waals surface area contributed by atoms with Gasteiger partial charge in [0.05, 0.1) is 0 Å². The van der Waals surface area contributed by atoms with Gasteiger partial charge in [0.1, 0.15) is 0 Å². The van der Waals surface area contributed by atoms with E-state index in [-0.39, 0.29) is 87.0 Å². The maximum Gasteiger partial charge on any atom is 0.311 e.